The zero-order valence-electron chi connectivity index (χ0n) is 21.0. The van der Waals surface area contributed by atoms with Crippen molar-refractivity contribution in [2.75, 3.05) is 32.7 Å². The van der Waals surface area contributed by atoms with Crippen molar-refractivity contribution < 1.29 is 9.53 Å². The Balaban J connectivity index is 1.23. The van der Waals surface area contributed by atoms with Crippen LogP contribution >= 0.6 is 0 Å². The first-order valence-corrected chi connectivity index (χ1v) is 12.3. The summed E-state index contributed by atoms with van der Waals surface area (Å²) in [6.45, 7) is 2.30. The average molecular weight is 495 g/mol. The highest BCUT2D eigenvalue weighted by atomic mass is 16.5. The normalized spacial score (nSPS) is 11.2. The minimum absolute atomic E-state index is 0.246. The third-order valence-electron chi connectivity index (χ3n) is 6.04. The number of ether oxygens (including phenoxy) is 1. The molecule has 0 radical (unpaired) electrons. The molecule has 0 saturated heterocycles. The molecule has 0 unspecified atom stereocenters. The van der Waals surface area contributed by atoms with Gasteiger partial charge >= 0.3 is 0 Å². The topological polar surface area (TPSA) is 77.2 Å². The first-order valence-electron chi connectivity index (χ1n) is 12.3. The number of fused-ring (bicyclic) bond motifs is 1. The fourth-order valence-corrected chi connectivity index (χ4v) is 4.10. The van der Waals surface area contributed by atoms with Gasteiger partial charge in [0.1, 0.15) is 5.75 Å². The molecule has 0 aliphatic heterocycles. The number of hydrogen-bond acceptors (Lipinski definition) is 5. The average Bonchev–Trinajstić information content (AvgIpc) is 3.54. The molecule has 5 aromatic rings. The van der Waals surface area contributed by atoms with Gasteiger partial charge in [-0.15, -0.1) is 0 Å². The van der Waals surface area contributed by atoms with Gasteiger partial charge < -0.3 is 9.64 Å². The fourth-order valence-electron chi connectivity index (χ4n) is 4.10. The molecule has 2 aromatic carbocycles. The second kappa shape index (κ2) is 11.1. The van der Waals surface area contributed by atoms with E-state index in [2.05, 4.69) is 40.6 Å². The Bertz CT molecular complexity index is 1470. The molecular formula is C29H30N6O2. The van der Waals surface area contributed by atoms with E-state index in [0.717, 1.165) is 40.8 Å². The van der Waals surface area contributed by atoms with E-state index in [0.29, 0.717) is 24.4 Å². The number of carbonyl (C=O) groups is 1. The van der Waals surface area contributed by atoms with Gasteiger partial charge in [0.05, 0.1) is 24.9 Å². The summed E-state index contributed by atoms with van der Waals surface area (Å²) >= 11 is 0. The van der Waals surface area contributed by atoms with Crippen LogP contribution in [0.5, 0.6) is 5.75 Å². The molecule has 1 N–H and O–H groups in total. The zero-order chi connectivity index (χ0) is 25.6. The van der Waals surface area contributed by atoms with Gasteiger partial charge in [-0.1, -0.05) is 42.5 Å². The van der Waals surface area contributed by atoms with Crippen LogP contribution in [0.15, 0.2) is 91.5 Å². The molecule has 3 heterocycles. The summed E-state index contributed by atoms with van der Waals surface area (Å²) in [5, 5.41) is 5.26. The quantitative estimate of drug-likeness (QED) is 0.286. The van der Waals surface area contributed by atoms with Crippen LogP contribution in [0.3, 0.4) is 0 Å². The minimum atomic E-state index is -0.246. The van der Waals surface area contributed by atoms with Gasteiger partial charge in [-0.25, -0.2) is 9.66 Å². The Labute approximate surface area is 216 Å². The second-order valence-corrected chi connectivity index (χ2v) is 9.21. The summed E-state index contributed by atoms with van der Waals surface area (Å²) < 4.78 is 9.23. The Morgan fingerprint density at radius 2 is 1.81 bits per heavy atom. The second-order valence-electron chi connectivity index (χ2n) is 9.21. The van der Waals surface area contributed by atoms with E-state index in [1.165, 1.54) is 0 Å². The van der Waals surface area contributed by atoms with Gasteiger partial charge in [0.25, 0.3) is 5.91 Å². The summed E-state index contributed by atoms with van der Waals surface area (Å²) in [7, 11) is 4.12. The molecule has 188 valence electrons. The third-order valence-corrected chi connectivity index (χ3v) is 6.04. The highest BCUT2D eigenvalue weighted by Gasteiger charge is 2.12. The van der Waals surface area contributed by atoms with Crippen LogP contribution in [-0.4, -0.2) is 57.5 Å². The molecule has 0 bridgehead atoms. The minimum Gasteiger partial charge on any atom is -0.494 e. The maximum atomic E-state index is 12.8. The number of pyridine rings is 1. The summed E-state index contributed by atoms with van der Waals surface area (Å²) in [4.78, 5) is 19.6. The monoisotopic (exact) mass is 494 g/mol. The van der Waals surface area contributed by atoms with Crippen molar-refractivity contribution in [1.29, 1.82) is 0 Å². The van der Waals surface area contributed by atoms with Crippen LogP contribution in [0.1, 0.15) is 22.3 Å². The molecule has 0 aliphatic rings. The van der Waals surface area contributed by atoms with E-state index < -0.39 is 0 Å². The summed E-state index contributed by atoms with van der Waals surface area (Å²) in [6.07, 6.45) is 7.92. The van der Waals surface area contributed by atoms with E-state index in [-0.39, 0.29) is 5.91 Å². The number of nitrogens with one attached hydrogen (secondary N) is 1. The van der Waals surface area contributed by atoms with Crippen LogP contribution in [0.25, 0.3) is 22.2 Å². The molecule has 37 heavy (non-hydrogen) atoms. The summed E-state index contributed by atoms with van der Waals surface area (Å²) in [5.41, 5.74) is 7.23. The Morgan fingerprint density at radius 3 is 2.59 bits per heavy atom. The van der Waals surface area contributed by atoms with E-state index in [1.807, 2.05) is 66.9 Å². The van der Waals surface area contributed by atoms with Gasteiger partial charge in [0.2, 0.25) is 0 Å². The molecule has 8 nitrogen and oxygen atoms in total. The lowest BCUT2D eigenvalue weighted by molar-refractivity contribution is 0.101. The van der Waals surface area contributed by atoms with Crippen LogP contribution < -0.4 is 10.2 Å². The molecule has 0 aliphatic carbocycles. The molecule has 0 fully saturated rings. The van der Waals surface area contributed by atoms with E-state index in [9.17, 15) is 4.79 Å². The summed E-state index contributed by atoms with van der Waals surface area (Å²) in [5.74, 6) is 0.612. The van der Waals surface area contributed by atoms with Crippen LogP contribution in [0.2, 0.25) is 0 Å². The van der Waals surface area contributed by atoms with Crippen molar-refractivity contribution in [2.45, 2.75) is 13.0 Å². The Hall–Kier alpha value is -4.43. The number of aromatic nitrogens is 4. The van der Waals surface area contributed by atoms with Crippen molar-refractivity contribution in [3.05, 3.63) is 103 Å². The van der Waals surface area contributed by atoms with Crippen molar-refractivity contribution in [1.82, 2.24) is 24.3 Å². The zero-order valence-corrected chi connectivity index (χ0v) is 21.0. The smallest absolute Gasteiger partial charge is 0.273 e. The SMILES string of the molecule is CN(C)CCCOc1ccc(-c2cnc3c(ccn3NC(=O)c3cnn(Cc4ccccc4)c3)c2)cc1. The van der Waals surface area contributed by atoms with Crippen LogP contribution in [0, 0.1) is 0 Å². The van der Waals surface area contributed by atoms with Gasteiger partial charge in [0, 0.05) is 36.1 Å². The van der Waals surface area contributed by atoms with Gasteiger partial charge in [-0.05, 0) is 55.9 Å². The van der Waals surface area contributed by atoms with Gasteiger partial charge in [-0.2, -0.15) is 5.10 Å². The van der Waals surface area contributed by atoms with Gasteiger partial charge in [0.15, 0.2) is 5.65 Å². The Kier molecular flexibility index (Phi) is 7.28. The summed E-state index contributed by atoms with van der Waals surface area (Å²) in [6, 6.07) is 22.1. The maximum Gasteiger partial charge on any atom is 0.273 e. The lowest BCUT2D eigenvalue weighted by Gasteiger charge is -2.11. The number of carbonyl (C=O) groups excluding carboxylic acids is 1. The van der Waals surface area contributed by atoms with Gasteiger partial charge in [-0.3, -0.25) is 14.9 Å². The van der Waals surface area contributed by atoms with E-state index in [1.54, 1.807) is 27.9 Å². The maximum absolute atomic E-state index is 12.8. The highest BCUT2D eigenvalue weighted by Crippen LogP contribution is 2.25. The number of nitrogens with zero attached hydrogens (tertiary/aromatic N) is 5. The van der Waals surface area contributed by atoms with Crippen molar-refractivity contribution >= 4 is 16.9 Å². The largest absolute Gasteiger partial charge is 0.494 e. The molecular weight excluding hydrogens is 464 g/mol. The lowest BCUT2D eigenvalue weighted by Crippen LogP contribution is -2.22. The number of rotatable bonds is 10. The van der Waals surface area contributed by atoms with Crippen LogP contribution in [-0.2, 0) is 6.54 Å². The number of hydrogen-bond donors (Lipinski definition) is 1. The molecule has 0 atom stereocenters. The molecule has 8 heteroatoms. The van der Waals surface area contributed by atoms with E-state index >= 15 is 0 Å². The van der Waals surface area contributed by atoms with Crippen molar-refractivity contribution in [3.63, 3.8) is 0 Å². The van der Waals surface area contributed by atoms with Crippen molar-refractivity contribution in [3.8, 4) is 16.9 Å². The molecule has 5 rings (SSSR count). The molecule has 1 amide bonds. The molecule has 0 saturated carbocycles. The molecule has 0 spiro atoms. The lowest BCUT2D eigenvalue weighted by atomic mass is 10.1. The standard InChI is InChI=1S/C29H30N6O2/c1-33(2)14-6-16-37-27-11-9-23(10-12-27)25-17-24-13-15-35(28(24)30-18-25)32-29(36)26-19-31-34(21-26)20-22-7-4-3-5-8-22/h3-5,7-13,15,17-19,21H,6,14,16,20H2,1-2H3,(H,32,36). The first-order chi connectivity index (χ1) is 18.0. The first kappa shape index (κ1) is 24.3. The molecule has 3 aromatic heterocycles. The number of benzene rings is 2. The predicted molar refractivity (Wildman–Crippen MR) is 145 cm³/mol. The number of amides is 1. The predicted octanol–water partition coefficient (Wildman–Crippen LogP) is 4.66. The fraction of sp³-hybridized carbons (Fsp3) is 0.207. The highest BCUT2D eigenvalue weighted by molar-refractivity contribution is 6.00. The third kappa shape index (κ3) is 6.05. The van der Waals surface area contributed by atoms with Crippen LogP contribution in [0.4, 0.5) is 0 Å². The Morgan fingerprint density at radius 1 is 1.00 bits per heavy atom. The van der Waals surface area contributed by atoms with Crippen molar-refractivity contribution in [2.24, 2.45) is 0 Å². The van der Waals surface area contributed by atoms with E-state index in [4.69, 9.17) is 4.74 Å².